The molecule has 0 atom stereocenters. The van der Waals surface area contributed by atoms with E-state index in [4.69, 9.17) is 14.5 Å². The Kier molecular flexibility index (Phi) is 7.70. The van der Waals surface area contributed by atoms with Gasteiger partial charge in [-0.05, 0) is 50.1 Å². The summed E-state index contributed by atoms with van der Waals surface area (Å²) >= 11 is 0. The van der Waals surface area contributed by atoms with E-state index >= 15 is 0 Å². The number of carbonyl (C=O) groups excluding carboxylic acids is 1. The average Bonchev–Trinajstić information content (AvgIpc) is 3.12. The smallest absolute Gasteiger partial charge is 0.251 e. The quantitative estimate of drug-likeness (QED) is 0.358. The number of amides is 1. The Hall–Kier alpha value is -3.28. The summed E-state index contributed by atoms with van der Waals surface area (Å²) in [6.07, 6.45) is 3.86. The second-order valence-corrected chi connectivity index (χ2v) is 7.70. The van der Waals surface area contributed by atoms with Gasteiger partial charge in [-0.3, -0.25) is 4.79 Å². The number of unbranched alkanes of at least 4 members (excludes halogenated alkanes) is 2. The van der Waals surface area contributed by atoms with Gasteiger partial charge < -0.3 is 19.4 Å². The SMILES string of the molecule is C=C(C)Cn1c(CCCCCNC(=O)c2ccc(OC)c(OC)c2)nc2ccccc21. The third-order valence-electron chi connectivity index (χ3n) is 5.17. The number of benzene rings is 2. The summed E-state index contributed by atoms with van der Waals surface area (Å²) in [5, 5.41) is 2.98. The van der Waals surface area contributed by atoms with Crippen LogP contribution in [0.15, 0.2) is 54.6 Å². The van der Waals surface area contributed by atoms with E-state index in [0.29, 0.717) is 23.6 Å². The van der Waals surface area contributed by atoms with E-state index in [1.165, 1.54) is 0 Å². The summed E-state index contributed by atoms with van der Waals surface area (Å²) in [5.41, 5.74) is 3.86. The van der Waals surface area contributed by atoms with Gasteiger partial charge in [0, 0.05) is 25.1 Å². The molecule has 0 aliphatic heterocycles. The molecule has 1 aromatic heterocycles. The Balaban J connectivity index is 1.48. The topological polar surface area (TPSA) is 65.4 Å². The highest BCUT2D eigenvalue weighted by Gasteiger charge is 2.11. The fraction of sp³-hybridized carbons (Fsp3) is 0.360. The summed E-state index contributed by atoms with van der Waals surface area (Å²) in [7, 11) is 3.13. The van der Waals surface area contributed by atoms with Gasteiger partial charge in [0.05, 0.1) is 25.3 Å². The summed E-state index contributed by atoms with van der Waals surface area (Å²) in [6, 6.07) is 13.4. The molecule has 31 heavy (non-hydrogen) atoms. The molecule has 0 unspecified atom stereocenters. The van der Waals surface area contributed by atoms with Gasteiger partial charge in [0.2, 0.25) is 0 Å². The van der Waals surface area contributed by atoms with Gasteiger partial charge in [0.25, 0.3) is 5.91 Å². The van der Waals surface area contributed by atoms with Crippen LogP contribution in [0.25, 0.3) is 11.0 Å². The van der Waals surface area contributed by atoms with Crippen LogP contribution in [0.4, 0.5) is 0 Å². The molecule has 1 N–H and O–H groups in total. The molecule has 1 heterocycles. The van der Waals surface area contributed by atoms with Crippen LogP contribution >= 0.6 is 0 Å². The third-order valence-corrected chi connectivity index (χ3v) is 5.17. The number of allylic oxidation sites excluding steroid dienone is 1. The predicted octanol–water partition coefficient (Wildman–Crippen LogP) is 4.77. The molecule has 6 nitrogen and oxygen atoms in total. The number of nitrogens with zero attached hydrogens (tertiary/aromatic N) is 2. The van der Waals surface area contributed by atoms with E-state index in [2.05, 4.69) is 28.6 Å². The molecule has 164 valence electrons. The van der Waals surface area contributed by atoms with Crippen LogP contribution in [-0.4, -0.2) is 36.2 Å². The molecule has 3 aromatic rings. The first-order valence-corrected chi connectivity index (χ1v) is 10.6. The van der Waals surface area contributed by atoms with E-state index in [1.807, 2.05) is 19.1 Å². The molecule has 3 rings (SSSR count). The monoisotopic (exact) mass is 421 g/mol. The lowest BCUT2D eigenvalue weighted by Crippen LogP contribution is -2.24. The van der Waals surface area contributed by atoms with Crippen LogP contribution in [0, 0.1) is 0 Å². The molecule has 0 spiro atoms. The van der Waals surface area contributed by atoms with E-state index in [0.717, 1.165) is 54.7 Å². The Morgan fingerprint density at radius 2 is 1.84 bits per heavy atom. The number of carbonyl (C=O) groups is 1. The first-order chi connectivity index (χ1) is 15.0. The maximum atomic E-state index is 12.4. The van der Waals surface area contributed by atoms with Gasteiger partial charge in [-0.1, -0.05) is 30.7 Å². The number of nitrogens with one attached hydrogen (secondary N) is 1. The zero-order valence-corrected chi connectivity index (χ0v) is 18.6. The van der Waals surface area contributed by atoms with E-state index in [9.17, 15) is 4.79 Å². The van der Waals surface area contributed by atoms with Crippen LogP contribution in [0.2, 0.25) is 0 Å². The van der Waals surface area contributed by atoms with Gasteiger partial charge in [-0.2, -0.15) is 0 Å². The lowest BCUT2D eigenvalue weighted by atomic mass is 10.1. The van der Waals surface area contributed by atoms with E-state index in [-0.39, 0.29) is 5.91 Å². The van der Waals surface area contributed by atoms with Crippen LogP contribution < -0.4 is 14.8 Å². The third kappa shape index (κ3) is 5.66. The fourth-order valence-electron chi connectivity index (χ4n) is 3.63. The van der Waals surface area contributed by atoms with Crippen molar-refractivity contribution in [2.24, 2.45) is 0 Å². The molecule has 2 aromatic carbocycles. The highest BCUT2D eigenvalue weighted by molar-refractivity contribution is 5.94. The zero-order chi connectivity index (χ0) is 22.2. The number of aryl methyl sites for hydroxylation is 1. The number of methoxy groups -OCH3 is 2. The number of hydrogen-bond acceptors (Lipinski definition) is 4. The molecule has 0 radical (unpaired) electrons. The number of para-hydroxylation sites is 2. The molecular weight excluding hydrogens is 390 g/mol. The highest BCUT2D eigenvalue weighted by atomic mass is 16.5. The normalized spacial score (nSPS) is 10.8. The van der Waals surface area contributed by atoms with Gasteiger partial charge in [-0.15, -0.1) is 0 Å². The number of hydrogen-bond donors (Lipinski definition) is 1. The van der Waals surface area contributed by atoms with Crippen molar-refractivity contribution in [3.05, 3.63) is 66.0 Å². The van der Waals surface area contributed by atoms with Crippen LogP contribution in [-0.2, 0) is 13.0 Å². The summed E-state index contributed by atoms with van der Waals surface area (Å²) < 4.78 is 12.7. The van der Waals surface area contributed by atoms with Crippen LogP contribution in [0.3, 0.4) is 0 Å². The lowest BCUT2D eigenvalue weighted by Gasteiger charge is -2.10. The molecule has 0 saturated heterocycles. The first-order valence-electron chi connectivity index (χ1n) is 10.6. The lowest BCUT2D eigenvalue weighted by molar-refractivity contribution is 0.0952. The van der Waals surface area contributed by atoms with Crippen molar-refractivity contribution in [1.82, 2.24) is 14.9 Å². The molecule has 0 aliphatic rings. The molecule has 1 amide bonds. The first kappa shape index (κ1) is 22.4. The van der Waals surface area contributed by atoms with Crippen molar-refractivity contribution in [3.63, 3.8) is 0 Å². The molecule has 0 fully saturated rings. The largest absolute Gasteiger partial charge is 0.493 e. The minimum Gasteiger partial charge on any atom is -0.493 e. The predicted molar refractivity (Wildman–Crippen MR) is 124 cm³/mol. The number of ether oxygens (including phenoxy) is 2. The minimum absolute atomic E-state index is 0.107. The Labute approximate surface area is 183 Å². The zero-order valence-electron chi connectivity index (χ0n) is 18.6. The summed E-state index contributed by atoms with van der Waals surface area (Å²) in [5.74, 6) is 2.15. The van der Waals surface area contributed by atoms with Gasteiger partial charge in [0.15, 0.2) is 11.5 Å². The fourth-order valence-corrected chi connectivity index (χ4v) is 3.63. The molecule has 6 heteroatoms. The van der Waals surface area contributed by atoms with Crippen LogP contribution in [0.5, 0.6) is 11.5 Å². The molecule has 0 saturated carbocycles. The van der Waals surface area contributed by atoms with E-state index < -0.39 is 0 Å². The highest BCUT2D eigenvalue weighted by Crippen LogP contribution is 2.27. The standard InChI is InChI=1S/C25H31N3O3/c1-18(2)17-28-21-11-8-7-10-20(21)27-24(28)12-6-5-9-15-26-25(29)19-13-14-22(30-3)23(16-19)31-4/h7-8,10-11,13-14,16H,1,5-6,9,12,15,17H2,2-4H3,(H,26,29). The number of rotatable bonds is 11. The van der Waals surface area contributed by atoms with Crippen molar-refractivity contribution in [2.45, 2.75) is 39.2 Å². The van der Waals surface area contributed by atoms with Crippen molar-refractivity contribution in [3.8, 4) is 11.5 Å². The summed E-state index contributed by atoms with van der Waals surface area (Å²) in [6.45, 7) is 7.52. The van der Waals surface area contributed by atoms with Crippen molar-refractivity contribution in [2.75, 3.05) is 20.8 Å². The Morgan fingerprint density at radius 3 is 2.58 bits per heavy atom. The van der Waals surface area contributed by atoms with Crippen LogP contribution in [0.1, 0.15) is 42.4 Å². The second kappa shape index (κ2) is 10.7. The Bertz CT molecular complexity index is 1060. The summed E-state index contributed by atoms with van der Waals surface area (Å²) in [4.78, 5) is 17.2. The van der Waals surface area contributed by atoms with Gasteiger partial charge in [0.1, 0.15) is 5.82 Å². The molecule has 0 aliphatic carbocycles. The van der Waals surface area contributed by atoms with E-state index in [1.54, 1.807) is 32.4 Å². The molecule has 0 bridgehead atoms. The van der Waals surface area contributed by atoms with Crippen molar-refractivity contribution >= 4 is 16.9 Å². The molecular formula is C25H31N3O3. The van der Waals surface area contributed by atoms with Crippen molar-refractivity contribution < 1.29 is 14.3 Å². The maximum Gasteiger partial charge on any atom is 0.251 e. The van der Waals surface area contributed by atoms with Gasteiger partial charge in [-0.25, -0.2) is 4.98 Å². The average molecular weight is 422 g/mol. The number of imidazole rings is 1. The number of fused-ring (bicyclic) bond motifs is 1. The maximum absolute atomic E-state index is 12.4. The number of aromatic nitrogens is 2. The minimum atomic E-state index is -0.107. The van der Waals surface area contributed by atoms with Gasteiger partial charge >= 0.3 is 0 Å². The Morgan fingerprint density at radius 1 is 1.06 bits per heavy atom. The second-order valence-electron chi connectivity index (χ2n) is 7.70. The van der Waals surface area contributed by atoms with Crippen molar-refractivity contribution in [1.29, 1.82) is 0 Å².